The molecule has 0 atom stereocenters. The fourth-order valence-electron chi connectivity index (χ4n) is 5.26. The van der Waals surface area contributed by atoms with Gasteiger partial charge in [0.2, 0.25) is 0 Å². The van der Waals surface area contributed by atoms with Crippen LogP contribution in [-0.4, -0.2) is 28.5 Å². The summed E-state index contributed by atoms with van der Waals surface area (Å²) >= 11 is 13.0. The van der Waals surface area contributed by atoms with Gasteiger partial charge in [-0.05, 0) is 77.0 Å². The molecule has 0 unspecified atom stereocenters. The van der Waals surface area contributed by atoms with Gasteiger partial charge in [0.25, 0.3) is 5.52 Å². The first-order chi connectivity index (χ1) is 17.6. The van der Waals surface area contributed by atoms with Gasteiger partial charge in [-0.1, -0.05) is 29.3 Å². The molecule has 0 bridgehead atoms. The summed E-state index contributed by atoms with van der Waals surface area (Å²) in [5, 5.41) is 15.3. The van der Waals surface area contributed by atoms with E-state index in [0.717, 1.165) is 36.7 Å². The number of benzene rings is 2. The molecule has 1 aliphatic rings. The third-order valence-electron chi connectivity index (χ3n) is 7.23. The number of likely N-dealkylation sites (tertiary alicyclic amines) is 1. The van der Waals surface area contributed by atoms with E-state index in [1.165, 1.54) is 12.1 Å². The zero-order valence-corrected chi connectivity index (χ0v) is 22.4. The Kier molecular flexibility index (Phi) is 6.86. The number of rotatable bonds is 3. The highest BCUT2D eigenvalue weighted by Crippen LogP contribution is 2.40. The summed E-state index contributed by atoms with van der Waals surface area (Å²) in [4.78, 5) is 6.91. The molecule has 4 aromatic rings. The Morgan fingerprint density at radius 2 is 1.65 bits per heavy atom. The lowest BCUT2D eigenvalue weighted by atomic mass is 9.88. The van der Waals surface area contributed by atoms with E-state index in [4.69, 9.17) is 23.2 Å². The van der Waals surface area contributed by atoms with Crippen LogP contribution >= 0.6 is 23.2 Å². The van der Waals surface area contributed by atoms with Crippen molar-refractivity contribution in [3.05, 3.63) is 87.3 Å². The normalized spacial score (nSPS) is 15.4. The average molecular weight is 542 g/mol. The zero-order chi connectivity index (χ0) is 26.5. The van der Waals surface area contributed by atoms with Crippen LogP contribution in [0.15, 0.2) is 54.7 Å². The summed E-state index contributed by atoms with van der Waals surface area (Å²) in [6.45, 7) is 8.21. The molecule has 0 amide bonds. The molecule has 0 aliphatic carbocycles. The van der Waals surface area contributed by atoms with E-state index in [2.05, 4.69) is 30.7 Å². The Hall–Kier alpha value is -2.80. The Balaban J connectivity index is 1.77. The molecule has 37 heavy (non-hydrogen) atoms. The number of aromatic nitrogens is 2. The molecule has 192 valence electrons. The minimum absolute atomic E-state index is 0.0299. The van der Waals surface area contributed by atoms with Crippen LogP contribution in [0, 0.1) is 16.8 Å². The summed E-state index contributed by atoms with van der Waals surface area (Å²) in [7, 11) is 0. The van der Waals surface area contributed by atoms with Crippen LogP contribution < -0.4 is 4.73 Å². The van der Waals surface area contributed by atoms with Crippen molar-refractivity contribution in [3.63, 3.8) is 0 Å². The number of hydrogen-bond donors (Lipinski definition) is 0. The van der Waals surface area contributed by atoms with E-state index in [-0.39, 0.29) is 22.5 Å². The number of pyridine rings is 2. The number of halogens is 4. The molecule has 8 heteroatoms. The molecule has 2 aromatic heterocycles. The van der Waals surface area contributed by atoms with E-state index in [1.807, 2.05) is 0 Å². The van der Waals surface area contributed by atoms with Crippen molar-refractivity contribution in [1.29, 1.82) is 0 Å². The van der Waals surface area contributed by atoms with Crippen molar-refractivity contribution in [2.75, 3.05) is 13.1 Å². The molecule has 0 N–H and O–H groups in total. The third kappa shape index (κ3) is 4.78. The standard InChI is InChI=1S/C29H27Cl2F2N3O/c1-29(2,3)35-13-10-17(11-14-35)25-16-21(19-8-7-18(32)15-24(19)33)20-9-12-34-27(28(20)36(25)37)26-22(30)5-4-6-23(26)31/h4-9,12,15-17H,10-11,13-14H2,1-3H3. The fourth-order valence-corrected chi connectivity index (χ4v) is 5.83. The molecule has 2 aromatic carbocycles. The van der Waals surface area contributed by atoms with Crippen molar-refractivity contribution in [2.45, 2.75) is 45.1 Å². The quantitative estimate of drug-likeness (QED) is 0.196. The minimum atomic E-state index is -0.701. The Labute approximate surface area is 225 Å². The highest BCUT2D eigenvalue weighted by molar-refractivity contribution is 6.39. The monoisotopic (exact) mass is 541 g/mol. The van der Waals surface area contributed by atoms with Crippen LogP contribution in [0.5, 0.6) is 0 Å². The zero-order valence-electron chi connectivity index (χ0n) is 20.9. The molecule has 3 heterocycles. The lowest BCUT2D eigenvalue weighted by molar-refractivity contribution is -0.587. The summed E-state index contributed by atoms with van der Waals surface area (Å²) in [5.74, 6) is -1.41. The molecule has 0 spiro atoms. The third-order valence-corrected chi connectivity index (χ3v) is 7.86. The van der Waals surface area contributed by atoms with E-state index in [1.54, 1.807) is 36.5 Å². The summed E-state index contributed by atoms with van der Waals surface area (Å²) in [6.07, 6.45) is 3.10. The number of piperidine rings is 1. The lowest BCUT2D eigenvalue weighted by Gasteiger charge is -2.40. The second-order valence-electron chi connectivity index (χ2n) is 10.5. The molecule has 1 aliphatic heterocycles. The van der Waals surface area contributed by atoms with Gasteiger partial charge in [0.1, 0.15) is 17.3 Å². The number of fused-ring (bicyclic) bond motifs is 1. The van der Waals surface area contributed by atoms with Crippen LogP contribution in [0.1, 0.15) is 45.2 Å². The van der Waals surface area contributed by atoms with Gasteiger partial charge in [0, 0.05) is 46.5 Å². The topological polar surface area (TPSA) is 43.1 Å². The number of hydrogen-bond acceptors (Lipinski definition) is 3. The van der Waals surface area contributed by atoms with E-state index in [0.29, 0.717) is 37.9 Å². The maximum atomic E-state index is 15.1. The Bertz CT molecular complexity index is 1470. The largest absolute Gasteiger partial charge is 0.618 e. The highest BCUT2D eigenvalue weighted by atomic mass is 35.5. The molecular formula is C29H27Cl2F2N3O. The van der Waals surface area contributed by atoms with Gasteiger partial charge in [-0.25, -0.2) is 13.8 Å². The van der Waals surface area contributed by atoms with Crippen molar-refractivity contribution in [2.24, 2.45) is 0 Å². The summed E-state index contributed by atoms with van der Waals surface area (Å²) in [6, 6.07) is 12.0. The van der Waals surface area contributed by atoms with Crippen molar-refractivity contribution in [3.8, 4) is 22.4 Å². The second-order valence-corrected chi connectivity index (χ2v) is 11.3. The number of nitrogens with zero attached hydrogens (tertiary/aromatic N) is 3. The smallest absolute Gasteiger partial charge is 0.251 e. The minimum Gasteiger partial charge on any atom is -0.618 e. The summed E-state index contributed by atoms with van der Waals surface area (Å²) in [5.41, 5.74) is 2.28. The molecule has 4 nitrogen and oxygen atoms in total. The van der Waals surface area contributed by atoms with E-state index < -0.39 is 11.6 Å². The van der Waals surface area contributed by atoms with Gasteiger partial charge < -0.3 is 5.21 Å². The molecule has 0 radical (unpaired) electrons. The maximum Gasteiger partial charge on any atom is 0.251 e. The van der Waals surface area contributed by atoms with Gasteiger partial charge in [-0.2, -0.15) is 4.73 Å². The first kappa shape index (κ1) is 25.8. The lowest BCUT2D eigenvalue weighted by Crippen LogP contribution is -2.47. The van der Waals surface area contributed by atoms with Gasteiger partial charge in [0.15, 0.2) is 5.69 Å². The van der Waals surface area contributed by atoms with E-state index in [9.17, 15) is 9.60 Å². The van der Waals surface area contributed by atoms with Gasteiger partial charge >= 0.3 is 0 Å². The first-order valence-corrected chi connectivity index (χ1v) is 13.0. The second kappa shape index (κ2) is 9.82. The SMILES string of the molecule is CC(C)(C)N1CCC(c2cc(-c3ccc(F)cc3F)c3ccnc(-c4c(Cl)cccc4Cl)c3[n+]2[O-])CC1. The maximum absolute atomic E-state index is 15.1. The average Bonchev–Trinajstić information content (AvgIpc) is 2.84. The molecule has 5 rings (SSSR count). The Morgan fingerprint density at radius 3 is 2.27 bits per heavy atom. The predicted octanol–water partition coefficient (Wildman–Crippen LogP) is 7.77. The van der Waals surface area contributed by atoms with E-state index >= 15 is 4.39 Å². The fraction of sp³-hybridized carbons (Fsp3) is 0.310. The van der Waals surface area contributed by atoms with Gasteiger partial charge in [0.05, 0.1) is 15.4 Å². The van der Waals surface area contributed by atoms with Gasteiger partial charge in [-0.3, -0.25) is 4.90 Å². The van der Waals surface area contributed by atoms with Crippen LogP contribution in [0.25, 0.3) is 33.3 Å². The molecule has 0 saturated carbocycles. The van der Waals surface area contributed by atoms with Crippen LogP contribution in [0.3, 0.4) is 0 Å². The van der Waals surface area contributed by atoms with Crippen molar-refractivity contribution < 1.29 is 13.5 Å². The van der Waals surface area contributed by atoms with Crippen molar-refractivity contribution >= 4 is 34.1 Å². The summed E-state index contributed by atoms with van der Waals surface area (Å²) < 4.78 is 29.8. The van der Waals surface area contributed by atoms with Crippen LogP contribution in [0.2, 0.25) is 10.0 Å². The predicted molar refractivity (Wildman–Crippen MR) is 145 cm³/mol. The Morgan fingerprint density at radius 1 is 0.973 bits per heavy atom. The first-order valence-electron chi connectivity index (χ1n) is 12.3. The molecule has 1 saturated heterocycles. The highest BCUT2D eigenvalue weighted by Gasteiger charge is 2.33. The molecule has 1 fully saturated rings. The van der Waals surface area contributed by atoms with Gasteiger partial charge in [-0.15, -0.1) is 0 Å². The van der Waals surface area contributed by atoms with Crippen LogP contribution in [0.4, 0.5) is 8.78 Å². The molecular weight excluding hydrogens is 515 g/mol. The van der Waals surface area contributed by atoms with Crippen molar-refractivity contribution in [1.82, 2.24) is 9.88 Å². The van der Waals surface area contributed by atoms with Crippen LogP contribution in [-0.2, 0) is 0 Å².